The lowest BCUT2D eigenvalue weighted by Gasteiger charge is -2.17. The molecule has 1 aromatic carbocycles. The van der Waals surface area contributed by atoms with E-state index in [9.17, 15) is 0 Å². The van der Waals surface area contributed by atoms with Crippen LogP contribution in [0.1, 0.15) is 30.7 Å². The number of hydrogen-bond donors (Lipinski definition) is 0. The van der Waals surface area contributed by atoms with E-state index < -0.39 is 0 Å². The van der Waals surface area contributed by atoms with Crippen molar-refractivity contribution in [1.29, 1.82) is 0 Å². The van der Waals surface area contributed by atoms with Crippen LogP contribution in [0.2, 0.25) is 5.02 Å². The number of pyridine rings is 1. The highest BCUT2D eigenvalue weighted by Crippen LogP contribution is 2.22. The summed E-state index contributed by atoms with van der Waals surface area (Å²) in [7, 11) is 0. The predicted octanol–water partition coefficient (Wildman–Crippen LogP) is 4.08. The third-order valence-corrected chi connectivity index (χ3v) is 3.88. The Hall–Kier alpha value is -1.87. The van der Waals surface area contributed by atoms with E-state index in [4.69, 9.17) is 16.3 Å². The van der Waals surface area contributed by atoms with Crippen LogP contribution in [0.25, 0.3) is 0 Å². The normalized spacial score (nSPS) is 16.2. The lowest BCUT2D eigenvalue weighted by atomic mass is 10.0. The predicted molar refractivity (Wildman–Crippen MR) is 89.7 cm³/mol. The molecule has 0 amide bonds. The highest BCUT2D eigenvalue weighted by Gasteiger charge is 2.29. The van der Waals surface area contributed by atoms with Gasteiger partial charge in [-0.15, -0.1) is 0 Å². The molecule has 1 aliphatic rings. The fourth-order valence-electron chi connectivity index (χ4n) is 2.52. The van der Waals surface area contributed by atoms with E-state index in [2.05, 4.69) is 22.1 Å². The number of aromatic nitrogens is 1. The Balaban J connectivity index is 1.77. The van der Waals surface area contributed by atoms with Crippen LogP contribution in [0, 0.1) is 0 Å². The lowest BCUT2D eigenvalue weighted by Crippen LogP contribution is -2.25. The molecule has 2 aromatic rings. The van der Waals surface area contributed by atoms with E-state index in [1.54, 1.807) is 6.20 Å². The third-order valence-electron chi connectivity index (χ3n) is 3.64. The average Bonchev–Trinajstić information content (AvgIpc) is 2.86. The zero-order valence-corrected chi connectivity index (χ0v) is 13.6. The summed E-state index contributed by atoms with van der Waals surface area (Å²) in [6.07, 6.45) is 3.58. The number of hydrogen-bond acceptors (Lipinski definition) is 3. The average molecular weight is 315 g/mol. The SMILES string of the molecule is CC1(C)CN=C(c2ncccc2CCc2cccc(Cl)c2)O1. The number of aryl methyl sites for hydroxylation is 2. The summed E-state index contributed by atoms with van der Waals surface area (Å²) in [6.45, 7) is 4.75. The van der Waals surface area contributed by atoms with Gasteiger partial charge in [-0.3, -0.25) is 4.98 Å². The van der Waals surface area contributed by atoms with Crippen molar-refractivity contribution in [2.75, 3.05) is 6.54 Å². The molecule has 4 heteroatoms. The molecule has 1 aromatic heterocycles. The maximum absolute atomic E-state index is 6.04. The van der Waals surface area contributed by atoms with Gasteiger partial charge in [-0.05, 0) is 56.0 Å². The fraction of sp³-hybridized carbons (Fsp3) is 0.333. The Labute approximate surface area is 136 Å². The van der Waals surface area contributed by atoms with Crippen molar-refractivity contribution in [3.05, 3.63) is 64.4 Å². The summed E-state index contributed by atoms with van der Waals surface area (Å²) in [4.78, 5) is 8.97. The van der Waals surface area contributed by atoms with Crippen LogP contribution in [0.5, 0.6) is 0 Å². The van der Waals surface area contributed by atoms with Crippen molar-refractivity contribution in [2.45, 2.75) is 32.3 Å². The summed E-state index contributed by atoms with van der Waals surface area (Å²) in [6, 6.07) is 12.0. The molecule has 0 saturated heterocycles. The second kappa shape index (κ2) is 6.09. The Morgan fingerprint density at radius 1 is 1.18 bits per heavy atom. The highest BCUT2D eigenvalue weighted by molar-refractivity contribution is 6.30. The molecule has 0 radical (unpaired) electrons. The monoisotopic (exact) mass is 314 g/mol. The van der Waals surface area contributed by atoms with Crippen molar-refractivity contribution in [3.8, 4) is 0 Å². The first-order valence-electron chi connectivity index (χ1n) is 7.46. The van der Waals surface area contributed by atoms with Crippen LogP contribution in [-0.4, -0.2) is 23.0 Å². The summed E-state index contributed by atoms with van der Waals surface area (Å²) in [5.41, 5.74) is 2.99. The van der Waals surface area contributed by atoms with Gasteiger partial charge in [0.25, 0.3) is 0 Å². The van der Waals surface area contributed by atoms with Gasteiger partial charge >= 0.3 is 0 Å². The number of rotatable bonds is 4. The van der Waals surface area contributed by atoms with Crippen molar-refractivity contribution >= 4 is 17.5 Å². The first-order chi connectivity index (χ1) is 10.5. The first-order valence-corrected chi connectivity index (χ1v) is 7.83. The van der Waals surface area contributed by atoms with E-state index in [1.807, 2.05) is 38.1 Å². The van der Waals surface area contributed by atoms with Crippen molar-refractivity contribution in [3.63, 3.8) is 0 Å². The van der Waals surface area contributed by atoms with Gasteiger partial charge < -0.3 is 4.74 Å². The fourth-order valence-corrected chi connectivity index (χ4v) is 2.73. The van der Waals surface area contributed by atoms with Crippen LogP contribution in [-0.2, 0) is 17.6 Å². The molecular weight excluding hydrogens is 296 g/mol. The van der Waals surface area contributed by atoms with Crippen molar-refractivity contribution < 1.29 is 4.74 Å². The maximum Gasteiger partial charge on any atom is 0.236 e. The molecule has 0 N–H and O–H groups in total. The Kier molecular flexibility index (Phi) is 4.16. The van der Waals surface area contributed by atoms with Crippen molar-refractivity contribution in [1.82, 2.24) is 4.98 Å². The molecule has 114 valence electrons. The lowest BCUT2D eigenvalue weighted by molar-refractivity contribution is 0.131. The van der Waals surface area contributed by atoms with E-state index in [0.717, 1.165) is 29.1 Å². The maximum atomic E-state index is 6.04. The van der Waals surface area contributed by atoms with E-state index >= 15 is 0 Å². The van der Waals surface area contributed by atoms with Gasteiger partial charge in [0.1, 0.15) is 11.3 Å². The van der Waals surface area contributed by atoms with Gasteiger partial charge in [0.05, 0.1) is 6.54 Å². The van der Waals surface area contributed by atoms with Crippen LogP contribution < -0.4 is 0 Å². The number of halogens is 1. The Morgan fingerprint density at radius 3 is 2.77 bits per heavy atom. The van der Waals surface area contributed by atoms with Crippen LogP contribution in [0.3, 0.4) is 0 Å². The zero-order valence-electron chi connectivity index (χ0n) is 12.8. The second-order valence-electron chi connectivity index (χ2n) is 6.12. The molecule has 0 bridgehead atoms. The first kappa shape index (κ1) is 15.0. The highest BCUT2D eigenvalue weighted by atomic mass is 35.5. The number of nitrogens with zero attached hydrogens (tertiary/aromatic N) is 2. The summed E-state index contributed by atoms with van der Waals surface area (Å²) < 4.78 is 5.91. The minimum atomic E-state index is -0.239. The summed E-state index contributed by atoms with van der Waals surface area (Å²) in [5.74, 6) is 0.659. The number of aliphatic imine (C=N–C) groups is 1. The van der Waals surface area contributed by atoms with Gasteiger partial charge in [0.15, 0.2) is 0 Å². The molecule has 1 aliphatic heterocycles. The molecule has 0 fully saturated rings. The number of benzene rings is 1. The van der Waals surface area contributed by atoms with Gasteiger partial charge in [-0.25, -0.2) is 4.99 Å². The quantitative estimate of drug-likeness (QED) is 0.852. The third kappa shape index (κ3) is 3.47. The van der Waals surface area contributed by atoms with Gasteiger partial charge in [-0.1, -0.05) is 29.8 Å². The molecule has 3 nitrogen and oxygen atoms in total. The van der Waals surface area contributed by atoms with Crippen LogP contribution in [0.15, 0.2) is 47.6 Å². The molecule has 0 atom stereocenters. The zero-order chi connectivity index (χ0) is 15.6. The van der Waals surface area contributed by atoms with Crippen LogP contribution in [0.4, 0.5) is 0 Å². The molecule has 2 heterocycles. The molecule has 0 spiro atoms. The van der Waals surface area contributed by atoms with Crippen molar-refractivity contribution in [2.24, 2.45) is 4.99 Å². The van der Waals surface area contributed by atoms with Gasteiger partial charge in [0.2, 0.25) is 5.90 Å². The minimum Gasteiger partial charge on any atom is -0.468 e. The topological polar surface area (TPSA) is 34.5 Å². The largest absolute Gasteiger partial charge is 0.468 e. The minimum absolute atomic E-state index is 0.239. The molecule has 3 rings (SSSR count). The summed E-state index contributed by atoms with van der Waals surface area (Å²) in [5, 5.41) is 0.772. The second-order valence-corrected chi connectivity index (χ2v) is 6.56. The van der Waals surface area contributed by atoms with E-state index in [1.165, 1.54) is 5.56 Å². The smallest absolute Gasteiger partial charge is 0.236 e. The van der Waals surface area contributed by atoms with Crippen LogP contribution >= 0.6 is 11.6 Å². The molecule has 22 heavy (non-hydrogen) atoms. The Bertz CT molecular complexity index is 710. The van der Waals surface area contributed by atoms with E-state index in [-0.39, 0.29) is 5.60 Å². The summed E-state index contributed by atoms with van der Waals surface area (Å²) >= 11 is 6.04. The Morgan fingerprint density at radius 2 is 2.05 bits per heavy atom. The molecular formula is C18H19ClN2O. The number of ether oxygens (including phenoxy) is 1. The van der Waals surface area contributed by atoms with Gasteiger partial charge in [0, 0.05) is 11.2 Å². The molecule has 0 unspecified atom stereocenters. The standard InChI is InChI=1S/C18H19ClN2O/c1-18(2)12-21-17(22-18)16-14(6-4-10-20-16)9-8-13-5-3-7-15(19)11-13/h3-7,10-11H,8-9,12H2,1-2H3. The van der Waals surface area contributed by atoms with Gasteiger partial charge in [-0.2, -0.15) is 0 Å². The molecule has 0 aliphatic carbocycles. The van der Waals surface area contributed by atoms with E-state index in [0.29, 0.717) is 12.4 Å². The molecule has 0 saturated carbocycles.